The van der Waals surface area contributed by atoms with Crippen LogP contribution in [0.3, 0.4) is 0 Å². The number of anilines is 2. The number of aromatic amines is 1. The molecule has 4 aromatic rings. The molecule has 3 aromatic carbocycles. The standard InChI is InChI=1S/C35H40Cl2N6O2.2C2HF3O2/c1-23(28-20-38-30-10-6-4-8-27(28)30)33(39-35(45)42-16-14-41(15-17-42)32-11-7-5-9-29(32)37)34(44)43-22-24(21-40(2)3)18-25-19-26(36)12-13-31(25)43;2*3-2(4,5)1(6)7/h4-13,19-20,23-24,33,38H,14-18,21-22H2,1-3H3,(H,39,45);2*(H,6,7)/t23?,24-,33?;;/m1../s1. The summed E-state index contributed by atoms with van der Waals surface area (Å²) >= 11 is 12.9. The van der Waals surface area contributed by atoms with Gasteiger partial charge in [-0.2, -0.15) is 26.3 Å². The summed E-state index contributed by atoms with van der Waals surface area (Å²) in [6.07, 6.45) is -7.37. The second-order valence-electron chi connectivity index (χ2n) is 14.1. The molecule has 3 atom stereocenters. The lowest BCUT2D eigenvalue weighted by molar-refractivity contribution is -0.193. The number of carboxylic acid groups (broad SMARTS) is 2. The Bertz CT molecular complexity index is 2080. The molecule has 320 valence electrons. The van der Waals surface area contributed by atoms with Gasteiger partial charge in [-0.05, 0) is 74.0 Å². The number of amides is 3. The number of nitrogens with zero attached hydrogens (tertiary/aromatic N) is 4. The highest BCUT2D eigenvalue weighted by atomic mass is 35.5. The Morgan fingerprint density at radius 1 is 0.864 bits per heavy atom. The second kappa shape index (κ2) is 19.7. The van der Waals surface area contributed by atoms with Crippen molar-refractivity contribution in [2.75, 3.05) is 63.2 Å². The van der Waals surface area contributed by atoms with Gasteiger partial charge in [-0.15, -0.1) is 0 Å². The molecule has 2 aliphatic rings. The van der Waals surface area contributed by atoms with Gasteiger partial charge in [0.25, 0.3) is 0 Å². The van der Waals surface area contributed by atoms with E-state index in [-0.39, 0.29) is 23.8 Å². The van der Waals surface area contributed by atoms with E-state index in [4.69, 9.17) is 43.0 Å². The lowest BCUT2D eigenvalue weighted by Gasteiger charge is -2.40. The van der Waals surface area contributed by atoms with E-state index >= 15 is 0 Å². The predicted molar refractivity (Wildman–Crippen MR) is 211 cm³/mol. The maximum atomic E-state index is 14.8. The molecule has 0 bridgehead atoms. The molecule has 12 nitrogen and oxygen atoms in total. The van der Waals surface area contributed by atoms with Gasteiger partial charge in [0.05, 0.1) is 10.7 Å². The smallest absolute Gasteiger partial charge is 0.475 e. The molecule has 1 fully saturated rings. The van der Waals surface area contributed by atoms with Gasteiger partial charge in [0, 0.05) is 73.0 Å². The Balaban J connectivity index is 0.000000471. The number of H-pyrrole nitrogens is 1. The van der Waals surface area contributed by atoms with E-state index in [9.17, 15) is 35.9 Å². The molecule has 1 saturated heterocycles. The lowest BCUT2D eigenvalue weighted by Crippen LogP contribution is -2.58. The Labute approximate surface area is 345 Å². The number of hydrogen-bond acceptors (Lipinski definition) is 6. The van der Waals surface area contributed by atoms with Crippen LogP contribution in [0.1, 0.15) is 24.0 Å². The number of benzene rings is 3. The van der Waals surface area contributed by atoms with Crippen molar-refractivity contribution >= 4 is 69.4 Å². The molecule has 20 heteroatoms. The van der Waals surface area contributed by atoms with Crippen LogP contribution in [0.5, 0.6) is 0 Å². The van der Waals surface area contributed by atoms with E-state index < -0.39 is 30.3 Å². The maximum absolute atomic E-state index is 14.8. The van der Waals surface area contributed by atoms with Crippen LogP contribution in [0, 0.1) is 5.92 Å². The van der Waals surface area contributed by atoms with Gasteiger partial charge in [-0.1, -0.05) is 60.5 Å². The van der Waals surface area contributed by atoms with Crippen LogP contribution in [-0.2, 0) is 20.8 Å². The van der Waals surface area contributed by atoms with E-state index in [1.807, 2.05) is 92.8 Å². The van der Waals surface area contributed by atoms with Crippen molar-refractivity contribution < 1.29 is 55.7 Å². The number of carbonyl (C=O) groups excluding carboxylic acids is 2. The van der Waals surface area contributed by atoms with Crippen LogP contribution in [0.15, 0.2) is 72.9 Å². The minimum atomic E-state index is -5.08. The maximum Gasteiger partial charge on any atom is 0.490 e. The fourth-order valence-corrected chi connectivity index (χ4v) is 7.31. The molecule has 3 amide bonds. The van der Waals surface area contributed by atoms with Crippen molar-refractivity contribution in [3.63, 3.8) is 0 Å². The number of halogens is 8. The Morgan fingerprint density at radius 2 is 1.44 bits per heavy atom. The van der Waals surface area contributed by atoms with Gasteiger partial charge in [0.2, 0.25) is 5.91 Å². The molecule has 0 spiro atoms. The molecule has 1 aromatic heterocycles. The fourth-order valence-electron chi connectivity index (χ4n) is 6.86. The van der Waals surface area contributed by atoms with Gasteiger partial charge >= 0.3 is 30.3 Å². The number of aromatic nitrogens is 1. The monoisotopic (exact) mass is 874 g/mol. The molecular formula is C39H42Cl2F6N6O6. The van der Waals surface area contributed by atoms with Gasteiger partial charge in [0.1, 0.15) is 6.04 Å². The zero-order chi connectivity index (χ0) is 43.8. The highest BCUT2D eigenvalue weighted by molar-refractivity contribution is 6.33. The van der Waals surface area contributed by atoms with Crippen molar-refractivity contribution in [1.82, 2.24) is 20.1 Å². The topological polar surface area (TPSA) is 150 Å². The largest absolute Gasteiger partial charge is 0.490 e. The molecular weight excluding hydrogens is 833 g/mol. The Morgan fingerprint density at radius 3 is 2.02 bits per heavy atom. The van der Waals surface area contributed by atoms with Crippen LogP contribution in [0.2, 0.25) is 10.0 Å². The molecule has 2 aliphatic heterocycles. The molecule has 6 rings (SSSR count). The highest BCUT2D eigenvalue weighted by Crippen LogP contribution is 2.35. The summed E-state index contributed by atoms with van der Waals surface area (Å²) < 4.78 is 63.5. The highest BCUT2D eigenvalue weighted by Gasteiger charge is 2.40. The summed E-state index contributed by atoms with van der Waals surface area (Å²) in [5.74, 6) is -5.71. The zero-order valence-corrected chi connectivity index (χ0v) is 33.5. The van der Waals surface area contributed by atoms with Crippen molar-refractivity contribution in [1.29, 1.82) is 0 Å². The summed E-state index contributed by atoms with van der Waals surface area (Å²) in [6.45, 7) is 5.78. The molecule has 0 radical (unpaired) electrons. The number of urea groups is 1. The SMILES string of the molecule is CC(c1c[nH]c2ccccc12)C(NC(=O)N1CCN(c2ccccc2Cl)CC1)C(=O)N1C[C@@H](CN(C)C)Cc2cc(Cl)ccc21.O=C(O)C(F)(F)F.O=C(O)C(F)(F)F. The first-order valence-electron chi connectivity index (χ1n) is 18.0. The van der Waals surface area contributed by atoms with Crippen LogP contribution in [0.4, 0.5) is 42.5 Å². The number of hydrogen-bond donors (Lipinski definition) is 4. The average molecular weight is 876 g/mol. The summed E-state index contributed by atoms with van der Waals surface area (Å²) in [5, 5.41) is 19.8. The minimum absolute atomic E-state index is 0.122. The number of aliphatic carboxylic acids is 2. The number of rotatable bonds is 7. The number of para-hydroxylation sites is 2. The van der Waals surface area contributed by atoms with Gasteiger partial charge < -0.3 is 40.1 Å². The summed E-state index contributed by atoms with van der Waals surface area (Å²) in [5.41, 5.74) is 4.87. The minimum Gasteiger partial charge on any atom is -0.475 e. The van der Waals surface area contributed by atoms with Crippen molar-refractivity contribution in [2.24, 2.45) is 5.92 Å². The first-order valence-corrected chi connectivity index (χ1v) is 18.8. The molecule has 3 heterocycles. The number of carbonyl (C=O) groups is 4. The first kappa shape index (κ1) is 46.5. The molecule has 59 heavy (non-hydrogen) atoms. The number of carboxylic acids is 2. The lowest BCUT2D eigenvalue weighted by atomic mass is 9.88. The summed E-state index contributed by atoms with van der Waals surface area (Å²) in [4.78, 5) is 57.8. The van der Waals surface area contributed by atoms with Crippen molar-refractivity contribution in [3.05, 3.63) is 94.1 Å². The average Bonchev–Trinajstić information content (AvgIpc) is 3.60. The van der Waals surface area contributed by atoms with Crippen LogP contribution >= 0.6 is 23.2 Å². The third-order valence-electron chi connectivity index (χ3n) is 9.57. The van der Waals surface area contributed by atoms with E-state index in [2.05, 4.69) is 26.2 Å². The van der Waals surface area contributed by atoms with Gasteiger partial charge in [-0.25, -0.2) is 14.4 Å². The molecule has 2 unspecified atom stereocenters. The normalized spacial score (nSPS) is 16.5. The van der Waals surface area contributed by atoms with E-state index in [0.717, 1.165) is 46.4 Å². The van der Waals surface area contributed by atoms with E-state index in [0.29, 0.717) is 42.8 Å². The number of fused-ring (bicyclic) bond motifs is 2. The third kappa shape index (κ3) is 12.4. The molecule has 4 N–H and O–H groups in total. The third-order valence-corrected chi connectivity index (χ3v) is 10.1. The van der Waals surface area contributed by atoms with E-state index in [1.54, 1.807) is 4.90 Å². The van der Waals surface area contributed by atoms with Crippen LogP contribution < -0.4 is 15.1 Å². The second-order valence-corrected chi connectivity index (χ2v) is 14.9. The Kier molecular flexibility index (Phi) is 15.5. The van der Waals surface area contributed by atoms with Crippen molar-refractivity contribution in [3.8, 4) is 0 Å². The van der Waals surface area contributed by atoms with E-state index in [1.165, 1.54) is 0 Å². The zero-order valence-electron chi connectivity index (χ0n) is 31.9. The van der Waals surface area contributed by atoms with Gasteiger partial charge in [-0.3, -0.25) is 4.79 Å². The summed E-state index contributed by atoms with van der Waals surface area (Å²) in [7, 11) is 4.10. The molecule has 0 saturated carbocycles. The van der Waals surface area contributed by atoms with Crippen LogP contribution in [0.25, 0.3) is 10.9 Å². The quantitative estimate of drug-likeness (QED) is 0.140. The van der Waals surface area contributed by atoms with Gasteiger partial charge in [0.15, 0.2) is 0 Å². The fraction of sp³-hybridized carbons (Fsp3) is 0.385. The number of nitrogens with one attached hydrogen (secondary N) is 2. The van der Waals surface area contributed by atoms with Crippen molar-refractivity contribution in [2.45, 2.75) is 37.7 Å². The number of alkyl halides is 6. The predicted octanol–water partition coefficient (Wildman–Crippen LogP) is 7.51. The summed E-state index contributed by atoms with van der Waals surface area (Å²) in [6, 6.07) is 20.5. The van der Waals surface area contributed by atoms with Crippen LogP contribution in [-0.4, -0.2) is 121 Å². The first-order chi connectivity index (χ1) is 27.6. The molecule has 0 aliphatic carbocycles. The Hall–Kier alpha value is -5.20. The number of piperazine rings is 1.